The molecule has 0 saturated heterocycles. The van der Waals surface area contributed by atoms with E-state index < -0.39 is 0 Å². The first kappa shape index (κ1) is 30.2. The molecular formula is C46H33N5. The van der Waals surface area contributed by atoms with Crippen LogP contribution in [0.1, 0.15) is 11.1 Å². The van der Waals surface area contributed by atoms with E-state index in [0.717, 1.165) is 39.2 Å². The number of aromatic nitrogens is 1. The zero-order chi connectivity index (χ0) is 34.1. The highest BCUT2D eigenvalue weighted by Crippen LogP contribution is 2.53. The molecule has 1 aliphatic heterocycles. The minimum atomic E-state index is 0.365. The van der Waals surface area contributed by atoms with E-state index >= 15 is 0 Å². The molecule has 0 saturated carbocycles. The summed E-state index contributed by atoms with van der Waals surface area (Å²) in [6, 6.07) is 61.3. The summed E-state index contributed by atoms with van der Waals surface area (Å²) in [5, 5.41) is 2.39. The molecule has 0 bridgehead atoms. The Morgan fingerprint density at radius 2 is 1.06 bits per heavy atom. The molecular weight excluding hydrogens is 623 g/mol. The highest BCUT2D eigenvalue weighted by Gasteiger charge is 2.28. The molecule has 0 spiro atoms. The van der Waals surface area contributed by atoms with E-state index in [9.17, 15) is 0 Å². The van der Waals surface area contributed by atoms with Gasteiger partial charge in [0.15, 0.2) is 11.7 Å². The minimum Gasteiger partial charge on any atom is -0.320 e. The lowest BCUT2D eigenvalue weighted by atomic mass is 9.90. The molecule has 0 amide bonds. The Hall–Kier alpha value is -6.85. The van der Waals surface area contributed by atoms with E-state index in [-0.39, 0.29) is 0 Å². The van der Waals surface area contributed by atoms with Crippen LogP contribution in [0, 0.1) is 0 Å². The Morgan fingerprint density at radius 3 is 1.76 bits per heavy atom. The molecule has 0 aliphatic carbocycles. The summed E-state index contributed by atoms with van der Waals surface area (Å²) in [4.78, 5) is 16.9. The van der Waals surface area contributed by atoms with Crippen molar-refractivity contribution in [2.24, 2.45) is 15.0 Å². The van der Waals surface area contributed by atoms with Crippen LogP contribution >= 0.6 is 0 Å². The smallest absolute Gasteiger partial charge is 0.161 e. The molecule has 0 N–H and O–H groups in total. The van der Waals surface area contributed by atoms with Crippen molar-refractivity contribution in [2.75, 3.05) is 4.90 Å². The van der Waals surface area contributed by atoms with E-state index in [1.54, 1.807) is 0 Å². The first-order chi connectivity index (χ1) is 25.3. The number of hydrogen-bond acceptors (Lipinski definition) is 2. The minimum absolute atomic E-state index is 0.365. The van der Waals surface area contributed by atoms with Crippen LogP contribution in [0.4, 0.5) is 17.1 Å². The largest absolute Gasteiger partial charge is 0.320 e. The molecule has 0 atom stereocenters. The summed E-state index contributed by atoms with van der Waals surface area (Å²) in [6.07, 6.45) is 0. The molecule has 5 nitrogen and oxygen atoms in total. The maximum absolute atomic E-state index is 5.21. The second-order valence-corrected chi connectivity index (χ2v) is 12.5. The summed E-state index contributed by atoms with van der Waals surface area (Å²) in [5.41, 5.74) is 12.2. The van der Waals surface area contributed by atoms with Gasteiger partial charge in [-0.15, -0.1) is 0 Å². The Balaban J connectivity index is 1.29. The predicted octanol–water partition coefficient (Wildman–Crippen LogP) is 11.5. The van der Waals surface area contributed by atoms with Gasteiger partial charge in [-0.3, -0.25) is 0 Å². The Kier molecular flexibility index (Phi) is 7.63. The summed E-state index contributed by atoms with van der Waals surface area (Å²) < 4.78 is 2.31. The second-order valence-electron chi connectivity index (χ2n) is 12.5. The summed E-state index contributed by atoms with van der Waals surface area (Å²) in [5.74, 6) is 1.13. The van der Waals surface area contributed by atoms with Gasteiger partial charge in [0.25, 0.3) is 0 Å². The van der Waals surface area contributed by atoms with Crippen molar-refractivity contribution in [3.63, 3.8) is 0 Å². The van der Waals surface area contributed by atoms with Crippen LogP contribution < -0.4 is 4.90 Å². The van der Waals surface area contributed by atoms with Crippen LogP contribution in [-0.4, -0.2) is 23.0 Å². The van der Waals surface area contributed by atoms with Crippen LogP contribution in [0.3, 0.4) is 0 Å². The number of fused-ring (bicyclic) bond motifs is 9. The molecule has 0 unspecified atom stereocenters. The molecule has 7 aromatic carbocycles. The Bertz CT molecular complexity index is 2620. The van der Waals surface area contributed by atoms with Crippen LogP contribution in [0.5, 0.6) is 0 Å². The molecule has 51 heavy (non-hydrogen) atoms. The molecule has 1 aromatic heterocycles. The maximum atomic E-state index is 5.21. The number of hydrogen-bond donors (Lipinski definition) is 0. The Morgan fingerprint density at radius 1 is 0.490 bits per heavy atom. The van der Waals surface area contributed by atoms with Crippen LogP contribution in [0.15, 0.2) is 191 Å². The lowest BCUT2D eigenvalue weighted by Gasteiger charge is -2.27. The van der Waals surface area contributed by atoms with E-state index in [1.165, 1.54) is 33.0 Å². The molecule has 2 heterocycles. The van der Waals surface area contributed by atoms with Crippen molar-refractivity contribution in [1.82, 2.24) is 4.57 Å². The van der Waals surface area contributed by atoms with Crippen molar-refractivity contribution < 1.29 is 0 Å². The number of rotatable bonds is 5. The fraction of sp³-hybridized carbons (Fsp3) is 0.0217. The fourth-order valence-electron chi connectivity index (χ4n) is 7.35. The van der Waals surface area contributed by atoms with Gasteiger partial charge in [0.05, 0.1) is 22.4 Å². The number of amidine groups is 2. The molecule has 9 rings (SSSR count). The monoisotopic (exact) mass is 655 g/mol. The molecule has 242 valence electrons. The van der Waals surface area contributed by atoms with E-state index in [0.29, 0.717) is 18.3 Å². The summed E-state index contributed by atoms with van der Waals surface area (Å²) >= 11 is 0. The van der Waals surface area contributed by atoms with Gasteiger partial charge in [0.2, 0.25) is 0 Å². The van der Waals surface area contributed by atoms with Crippen molar-refractivity contribution in [3.05, 3.63) is 187 Å². The number of nitrogens with zero attached hydrogens (tertiary/aromatic N) is 5. The van der Waals surface area contributed by atoms with Crippen molar-refractivity contribution in [2.45, 2.75) is 6.67 Å². The fourth-order valence-corrected chi connectivity index (χ4v) is 7.35. The Labute approximate surface area is 296 Å². The highest BCUT2D eigenvalue weighted by molar-refractivity contribution is 6.21. The van der Waals surface area contributed by atoms with E-state index in [1.807, 2.05) is 60.7 Å². The second kappa shape index (κ2) is 12.9. The summed E-state index contributed by atoms with van der Waals surface area (Å²) in [6.45, 7) is 4.20. The third-order valence-electron chi connectivity index (χ3n) is 9.59. The lowest BCUT2D eigenvalue weighted by Crippen LogP contribution is -2.10. The average Bonchev–Trinajstić information content (AvgIpc) is 3.46. The lowest BCUT2D eigenvalue weighted by molar-refractivity contribution is 0.791. The molecule has 5 heteroatoms. The van der Waals surface area contributed by atoms with Gasteiger partial charge in [-0.25, -0.2) is 15.0 Å². The number of anilines is 3. The van der Waals surface area contributed by atoms with Gasteiger partial charge < -0.3 is 9.47 Å². The first-order valence-electron chi connectivity index (χ1n) is 17.1. The molecule has 8 aromatic rings. The highest BCUT2D eigenvalue weighted by atomic mass is 15.2. The molecule has 0 fully saturated rings. The predicted molar refractivity (Wildman–Crippen MR) is 214 cm³/mol. The third-order valence-corrected chi connectivity index (χ3v) is 9.59. The molecule has 0 radical (unpaired) electrons. The van der Waals surface area contributed by atoms with Crippen molar-refractivity contribution >= 4 is 57.3 Å². The summed E-state index contributed by atoms with van der Waals surface area (Å²) in [7, 11) is 0. The normalized spacial score (nSPS) is 12.7. The van der Waals surface area contributed by atoms with Gasteiger partial charge in [0, 0.05) is 44.3 Å². The van der Waals surface area contributed by atoms with E-state index in [4.69, 9.17) is 9.98 Å². The van der Waals surface area contributed by atoms with Gasteiger partial charge >= 0.3 is 0 Å². The van der Waals surface area contributed by atoms with Crippen LogP contribution in [0.2, 0.25) is 0 Å². The molecule has 1 aliphatic rings. The first-order valence-corrected chi connectivity index (χ1v) is 17.1. The van der Waals surface area contributed by atoms with E-state index in [2.05, 4.69) is 136 Å². The van der Waals surface area contributed by atoms with Gasteiger partial charge in [-0.2, -0.15) is 0 Å². The number of aliphatic imine (C=N–C) groups is 3. The SMILES string of the molecule is C=NC(=N/C(=N\Cn1c2ccccc2c2c3c(ccc21)-c1ccccc1N(c1ccccc1)c1ccccc1-3)c1ccccc1)c1ccccc1. The quantitative estimate of drug-likeness (QED) is 0.134. The number of benzene rings is 7. The van der Waals surface area contributed by atoms with Crippen molar-refractivity contribution in [3.8, 4) is 22.3 Å². The zero-order valence-electron chi connectivity index (χ0n) is 27.9. The average molecular weight is 656 g/mol. The van der Waals surface area contributed by atoms with Crippen molar-refractivity contribution in [1.29, 1.82) is 0 Å². The third kappa shape index (κ3) is 5.23. The van der Waals surface area contributed by atoms with Gasteiger partial charge in [0.1, 0.15) is 6.67 Å². The van der Waals surface area contributed by atoms with Crippen LogP contribution in [-0.2, 0) is 6.67 Å². The number of para-hydroxylation sites is 4. The zero-order valence-corrected chi connectivity index (χ0v) is 27.9. The van der Waals surface area contributed by atoms with Gasteiger partial charge in [-0.05, 0) is 48.7 Å². The van der Waals surface area contributed by atoms with Crippen LogP contribution in [0.25, 0.3) is 44.1 Å². The standard InChI is InChI=1S/C46H33N5/c1-47-45(32-17-5-2-6-18-32)49-46(33-19-7-3-8-20-33)48-31-50-39-26-14-12-24-37(39)44-42(50)30-29-36-35-23-11-15-27-40(35)51(34-21-9-4-10-22-34)41-28-16-13-25-38(41)43(36)44/h2-30H,1,31H2/b48-46-,49-45?. The topological polar surface area (TPSA) is 45.2 Å². The van der Waals surface area contributed by atoms with Gasteiger partial charge in [-0.1, -0.05) is 140 Å². The maximum Gasteiger partial charge on any atom is 0.161 e.